The molecule has 2 unspecified atom stereocenters. The van der Waals surface area contributed by atoms with Crippen molar-refractivity contribution in [1.82, 2.24) is 0 Å². The topological polar surface area (TPSA) is 18.5 Å². The van der Waals surface area contributed by atoms with Gasteiger partial charge in [-0.3, -0.25) is 0 Å². The lowest BCUT2D eigenvalue weighted by Crippen LogP contribution is -2.54. The van der Waals surface area contributed by atoms with Gasteiger partial charge in [-0.25, -0.2) is 0 Å². The van der Waals surface area contributed by atoms with Crippen LogP contribution in [0.25, 0.3) is 0 Å². The summed E-state index contributed by atoms with van der Waals surface area (Å²) in [4.78, 5) is 0. The summed E-state index contributed by atoms with van der Waals surface area (Å²) in [5.41, 5.74) is 0. The normalized spacial score (nSPS) is 32.6. The Morgan fingerprint density at radius 1 is 0.929 bits per heavy atom. The maximum absolute atomic E-state index is 6.04. The van der Waals surface area contributed by atoms with Crippen molar-refractivity contribution in [3.63, 3.8) is 0 Å². The van der Waals surface area contributed by atoms with E-state index in [-0.39, 0.29) is 5.79 Å². The molecule has 0 saturated carbocycles. The van der Waals surface area contributed by atoms with Crippen LogP contribution in [0.1, 0.15) is 48.0 Å². The van der Waals surface area contributed by atoms with Crippen molar-refractivity contribution in [3.8, 4) is 0 Å². The van der Waals surface area contributed by atoms with Crippen LogP contribution in [-0.4, -0.2) is 18.0 Å². The fraction of sp³-hybridized carbons (Fsp3) is 1.00. The molecule has 0 bridgehead atoms. The Bertz CT molecular complexity index is 167. The van der Waals surface area contributed by atoms with Gasteiger partial charge < -0.3 is 9.47 Å². The first-order valence-corrected chi connectivity index (χ1v) is 5.74. The van der Waals surface area contributed by atoms with E-state index in [2.05, 4.69) is 41.5 Å². The quantitative estimate of drug-likeness (QED) is 0.681. The highest BCUT2D eigenvalue weighted by molar-refractivity contribution is 4.84. The second-order valence-corrected chi connectivity index (χ2v) is 5.12. The van der Waals surface area contributed by atoms with Crippen molar-refractivity contribution >= 4 is 0 Å². The van der Waals surface area contributed by atoms with Crippen molar-refractivity contribution in [1.29, 1.82) is 0 Å². The molecule has 0 amide bonds. The lowest BCUT2D eigenvalue weighted by Gasteiger charge is -2.48. The lowest BCUT2D eigenvalue weighted by atomic mass is 9.89. The average Bonchev–Trinajstić information content (AvgIpc) is 2.01. The van der Waals surface area contributed by atoms with E-state index in [4.69, 9.17) is 9.47 Å². The monoisotopic (exact) mass is 200 g/mol. The molecule has 1 fully saturated rings. The molecule has 0 radical (unpaired) electrons. The molecule has 0 aromatic carbocycles. The summed E-state index contributed by atoms with van der Waals surface area (Å²) in [6.45, 7) is 13.0. The zero-order chi connectivity index (χ0) is 10.9. The first-order valence-electron chi connectivity index (χ1n) is 5.74. The molecule has 0 N–H and O–H groups in total. The Morgan fingerprint density at radius 3 is 1.57 bits per heavy atom. The highest BCUT2D eigenvalue weighted by Gasteiger charge is 2.45. The van der Waals surface area contributed by atoms with Gasteiger partial charge in [0.1, 0.15) is 0 Å². The standard InChI is InChI=1S/C12H24O2/c1-8(2)12(9(3)4)13-10(5)7-11(6)14-12/h8-11H,7H2,1-6H3. The van der Waals surface area contributed by atoms with Gasteiger partial charge in [0.15, 0.2) is 5.79 Å². The van der Waals surface area contributed by atoms with Gasteiger partial charge in [-0.1, -0.05) is 27.7 Å². The Labute approximate surface area is 88.0 Å². The fourth-order valence-electron chi connectivity index (χ4n) is 2.43. The van der Waals surface area contributed by atoms with Gasteiger partial charge in [-0.2, -0.15) is 0 Å². The van der Waals surface area contributed by atoms with Gasteiger partial charge in [0.2, 0.25) is 0 Å². The molecule has 0 aromatic heterocycles. The first-order chi connectivity index (χ1) is 6.38. The van der Waals surface area contributed by atoms with Crippen LogP contribution in [0.5, 0.6) is 0 Å². The van der Waals surface area contributed by atoms with Crippen LogP contribution >= 0.6 is 0 Å². The molecule has 14 heavy (non-hydrogen) atoms. The van der Waals surface area contributed by atoms with E-state index in [1.807, 2.05) is 0 Å². The van der Waals surface area contributed by atoms with Crippen molar-refractivity contribution < 1.29 is 9.47 Å². The van der Waals surface area contributed by atoms with Gasteiger partial charge in [0.25, 0.3) is 0 Å². The number of hydrogen-bond donors (Lipinski definition) is 0. The summed E-state index contributed by atoms with van der Waals surface area (Å²) in [7, 11) is 0. The molecule has 1 aliphatic rings. The van der Waals surface area contributed by atoms with Gasteiger partial charge in [-0.15, -0.1) is 0 Å². The van der Waals surface area contributed by atoms with Crippen LogP contribution in [0.2, 0.25) is 0 Å². The molecular formula is C12H24O2. The largest absolute Gasteiger partial charge is 0.346 e. The minimum absolute atomic E-state index is 0.309. The molecule has 84 valence electrons. The molecule has 2 nitrogen and oxygen atoms in total. The van der Waals surface area contributed by atoms with Crippen LogP contribution in [0.15, 0.2) is 0 Å². The molecule has 0 aromatic rings. The van der Waals surface area contributed by atoms with Crippen molar-refractivity contribution in [2.75, 3.05) is 0 Å². The summed E-state index contributed by atoms with van der Waals surface area (Å²) in [6.07, 6.45) is 1.62. The minimum atomic E-state index is -0.378. The summed E-state index contributed by atoms with van der Waals surface area (Å²) in [5, 5.41) is 0. The Kier molecular flexibility index (Phi) is 3.59. The molecule has 2 heteroatoms. The molecule has 2 atom stereocenters. The molecule has 0 spiro atoms. The third-order valence-electron chi connectivity index (χ3n) is 3.04. The molecular weight excluding hydrogens is 176 g/mol. The number of ether oxygens (including phenoxy) is 2. The molecule has 1 heterocycles. The molecule has 0 aliphatic carbocycles. The van der Waals surface area contributed by atoms with E-state index in [9.17, 15) is 0 Å². The van der Waals surface area contributed by atoms with E-state index in [1.54, 1.807) is 0 Å². The highest BCUT2D eigenvalue weighted by atomic mass is 16.7. The third-order valence-corrected chi connectivity index (χ3v) is 3.04. The summed E-state index contributed by atoms with van der Waals surface area (Å²) in [6, 6.07) is 0. The van der Waals surface area contributed by atoms with E-state index in [1.165, 1.54) is 0 Å². The zero-order valence-corrected chi connectivity index (χ0v) is 10.3. The van der Waals surface area contributed by atoms with Crippen LogP contribution in [-0.2, 0) is 9.47 Å². The van der Waals surface area contributed by atoms with Gasteiger partial charge in [0, 0.05) is 11.8 Å². The van der Waals surface area contributed by atoms with Gasteiger partial charge >= 0.3 is 0 Å². The van der Waals surface area contributed by atoms with Crippen LogP contribution < -0.4 is 0 Å². The predicted molar refractivity (Wildman–Crippen MR) is 58.1 cm³/mol. The average molecular weight is 200 g/mol. The summed E-state index contributed by atoms with van der Waals surface area (Å²) in [5.74, 6) is 0.414. The van der Waals surface area contributed by atoms with Crippen molar-refractivity contribution in [2.45, 2.75) is 66.0 Å². The fourth-order valence-corrected chi connectivity index (χ4v) is 2.43. The number of hydrogen-bond acceptors (Lipinski definition) is 2. The van der Waals surface area contributed by atoms with E-state index in [0.29, 0.717) is 24.0 Å². The van der Waals surface area contributed by atoms with Crippen molar-refractivity contribution in [2.24, 2.45) is 11.8 Å². The van der Waals surface area contributed by atoms with Gasteiger partial charge in [0.05, 0.1) is 12.2 Å². The smallest absolute Gasteiger partial charge is 0.173 e. The number of rotatable bonds is 2. The summed E-state index contributed by atoms with van der Waals surface area (Å²) < 4.78 is 12.1. The first kappa shape index (κ1) is 12.0. The second-order valence-electron chi connectivity index (χ2n) is 5.12. The zero-order valence-electron chi connectivity index (χ0n) is 10.3. The van der Waals surface area contributed by atoms with E-state index >= 15 is 0 Å². The van der Waals surface area contributed by atoms with Crippen LogP contribution in [0.3, 0.4) is 0 Å². The second kappa shape index (κ2) is 4.19. The van der Waals surface area contributed by atoms with E-state index in [0.717, 1.165) is 6.42 Å². The van der Waals surface area contributed by atoms with Crippen LogP contribution in [0, 0.1) is 11.8 Å². The van der Waals surface area contributed by atoms with Gasteiger partial charge in [-0.05, 0) is 20.3 Å². The molecule has 1 rings (SSSR count). The Hall–Kier alpha value is -0.0800. The van der Waals surface area contributed by atoms with Crippen molar-refractivity contribution in [3.05, 3.63) is 0 Å². The Morgan fingerprint density at radius 2 is 1.29 bits per heavy atom. The van der Waals surface area contributed by atoms with Crippen LogP contribution in [0.4, 0.5) is 0 Å². The third kappa shape index (κ3) is 2.12. The highest BCUT2D eigenvalue weighted by Crippen LogP contribution is 2.38. The van der Waals surface area contributed by atoms with E-state index < -0.39 is 0 Å². The minimum Gasteiger partial charge on any atom is -0.346 e. The lowest BCUT2D eigenvalue weighted by molar-refractivity contribution is -0.349. The maximum Gasteiger partial charge on any atom is 0.173 e. The maximum atomic E-state index is 6.04. The Balaban J connectivity index is 2.86. The molecule has 1 saturated heterocycles. The summed E-state index contributed by atoms with van der Waals surface area (Å²) >= 11 is 0. The molecule has 1 aliphatic heterocycles. The predicted octanol–water partition coefficient (Wildman–Crippen LogP) is 3.21. The SMILES string of the molecule is CC1CC(C)OC(C(C)C)(C(C)C)O1.